The second-order valence-electron chi connectivity index (χ2n) is 5.02. The minimum absolute atomic E-state index is 0.536. The Labute approximate surface area is 112 Å². The molecule has 0 aliphatic rings. The van der Waals surface area contributed by atoms with Crippen molar-refractivity contribution in [3.8, 4) is 0 Å². The first-order chi connectivity index (χ1) is 8.17. The van der Waals surface area contributed by atoms with Crippen molar-refractivity contribution in [3.05, 3.63) is 35.9 Å². The molecule has 0 aromatic heterocycles. The lowest BCUT2D eigenvalue weighted by atomic mass is 10.00. The molecule has 0 spiro atoms. The summed E-state index contributed by atoms with van der Waals surface area (Å²) < 4.78 is 0. The predicted octanol–water partition coefficient (Wildman–Crippen LogP) is 3.68. The first kappa shape index (κ1) is 14.6. The van der Waals surface area contributed by atoms with E-state index in [-0.39, 0.29) is 0 Å². The van der Waals surface area contributed by atoms with Crippen LogP contribution in [0.15, 0.2) is 30.3 Å². The summed E-state index contributed by atoms with van der Waals surface area (Å²) in [4.78, 5) is 2.43. The SMILES string of the molecule is CCC(C)CN(C)CC(CS)c1ccccc1. The van der Waals surface area contributed by atoms with Crippen LogP contribution in [0.1, 0.15) is 31.7 Å². The number of thiol groups is 1. The largest absolute Gasteiger partial charge is 0.305 e. The first-order valence-corrected chi connectivity index (χ1v) is 7.15. The van der Waals surface area contributed by atoms with E-state index in [0.717, 1.165) is 18.2 Å². The van der Waals surface area contributed by atoms with Crippen molar-refractivity contribution in [1.82, 2.24) is 4.90 Å². The third kappa shape index (κ3) is 5.13. The van der Waals surface area contributed by atoms with Crippen LogP contribution < -0.4 is 0 Å². The Bertz CT molecular complexity index is 299. The summed E-state index contributed by atoms with van der Waals surface area (Å²) in [7, 11) is 2.21. The van der Waals surface area contributed by atoms with Crippen LogP contribution in [0.3, 0.4) is 0 Å². The van der Waals surface area contributed by atoms with Crippen LogP contribution in [0.2, 0.25) is 0 Å². The molecule has 0 radical (unpaired) electrons. The van der Waals surface area contributed by atoms with Crippen LogP contribution in [0.25, 0.3) is 0 Å². The fourth-order valence-corrected chi connectivity index (χ4v) is 2.43. The average molecular weight is 251 g/mol. The minimum atomic E-state index is 0.536. The normalized spacial score (nSPS) is 14.9. The van der Waals surface area contributed by atoms with E-state index < -0.39 is 0 Å². The van der Waals surface area contributed by atoms with Gasteiger partial charge in [0.2, 0.25) is 0 Å². The second-order valence-corrected chi connectivity index (χ2v) is 5.39. The maximum atomic E-state index is 4.49. The Balaban J connectivity index is 2.52. The Kier molecular flexibility index (Phi) is 6.68. The maximum Gasteiger partial charge on any atom is 0.00552 e. The van der Waals surface area contributed by atoms with Gasteiger partial charge in [-0.1, -0.05) is 50.6 Å². The summed E-state index contributed by atoms with van der Waals surface area (Å²) in [5.41, 5.74) is 1.40. The lowest BCUT2D eigenvalue weighted by molar-refractivity contribution is 0.271. The number of benzene rings is 1. The van der Waals surface area contributed by atoms with E-state index in [1.165, 1.54) is 18.5 Å². The zero-order valence-electron chi connectivity index (χ0n) is 11.3. The van der Waals surface area contributed by atoms with E-state index in [1.807, 2.05) is 0 Å². The van der Waals surface area contributed by atoms with E-state index in [9.17, 15) is 0 Å². The topological polar surface area (TPSA) is 3.24 Å². The van der Waals surface area contributed by atoms with Crippen LogP contribution in [0, 0.1) is 5.92 Å². The molecular formula is C15H25NS. The van der Waals surface area contributed by atoms with E-state index in [2.05, 4.69) is 68.8 Å². The van der Waals surface area contributed by atoms with Gasteiger partial charge in [-0.25, -0.2) is 0 Å². The van der Waals surface area contributed by atoms with E-state index in [0.29, 0.717) is 5.92 Å². The Morgan fingerprint density at radius 3 is 2.35 bits per heavy atom. The first-order valence-electron chi connectivity index (χ1n) is 6.51. The van der Waals surface area contributed by atoms with Crippen molar-refractivity contribution in [1.29, 1.82) is 0 Å². The molecule has 0 aliphatic carbocycles. The highest BCUT2D eigenvalue weighted by Crippen LogP contribution is 2.18. The highest BCUT2D eigenvalue weighted by Gasteiger charge is 2.13. The Hall–Kier alpha value is -0.470. The van der Waals surface area contributed by atoms with Gasteiger partial charge < -0.3 is 4.90 Å². The zero-order chi connectivity index (χ0) is 12.7. The Morgan fingerprint density at radius 2 is 1.82 bits per heavy atom. The molecule has 0 heterocycles. The molecule has 0 N–H and O–H groups in total. The lowest BCUT2D eigenvalue weighted by Gasteiger charge is -2.25. The molecule has 17 heavy (non-hydrogen) atoms. The van der Waals surface area contributed by atoms with Crippen LogP contribution in [-0.2, 0) is 0 Å². The molecule has 0 saturated heterocycles. The smallest absolute Gasteiger partial charge is 0.00552 e. The number of hydrogen-bond donors (Lipinski definition) is 1. The van der Waals surface area contributed by atoms with Crippen LogP contribution in [-0.4, -0.2) is 30.8 Å². The molecule has 1 rings (SSSR count). The molecule has 0 aliphatic heterocycles. The monoisotopic (exact) mass is 251 g/mol. The van der Waals surface area contributed by atoms with Gasteiger partial charge in [0.15, 0.2) is 0 Å². The number of likely N-dealkylation sites (N-methyl/N-ethyl adjacent to an activating group) is 1. The standard InChI is InChI=1S/C15H25NS/c1-4-13(2)10-16(3)11-15(12-17)14-8-6-5-7-9-14/h5-9,13,15,17H,4,10-12H2,1-3H3. The van der Waals surface area contributed by atoms with Crippen molar-refractivity contribution in [2.75, 3.05) is 25.9 Å². The summed E-state index contributed by atoms with van der Waals surface area (Å²) in [6.45, 7) is 6.84. The molecule has 1 aromatic carbocycles. The van der Waals surface area contributed by atoms with Gasteiger partial charge in [0.1, 0.15) is 0 Å². The maximum absolute atomic E-state index is 4.49. The number of rotatable bonds is 7. The second kappa shape index (κ2) is 7.78. The van der Waals surface area contributed by atoms with Gasteiger partial charge in [-0.05, 0) is 24.3 Å². The third-order valence-electron chi connectivity index (χ3n) is 3.34. The van der Waals surface area contributed by atoms with Crippen LogP contribution in [0.5, 0.6) is 0 Å². The minimum Gasteiger partial charge on any atom is -0.305 e. The summed E-state index contributed by atoms with van der Waals surface area (Å²) >= 11 is 4.49. The fraction of sp³-hybridized carbons (Fsp3) is 0.600. The molecule has 1 aromatic rings. The van der Waals surface area contributed by atoms with Gasteiger partial charge in [-0.2, -0.15) is 12.6 Å². The lowest BCUT2D eigenvalue weighted by Crippen LogP contribution is -2.29. The molecule has 0 fully saturated rings. The van der Waals surface area contributed by atoms with E-state index in [1.54, 1.807) is 0 Å². The molecule has 0 amide bonds. The highest BCUT2D eigenvalue weighted by atomic mass is 32.1. The quantitative estimate of drug-likeness (QED) is 0.724. The molecule has 2 heteroatoms. The highest BCUT2D eigenvalue weighted by molar-refractivity contribution is 7.80. The van der Waals surface area contributed by atoms with Crippen molar-refractivity contribution < 1.29 is 0 Å². The Morgan fingerprint density at radius 1 is 1.18 bits per heavy atom. The third-order valence-corrected chi connectivity index (χ3v) is 3.78. The van der Waals surface area contributed by atoms with E-state index in [4.69, 9.17) is 0 Å². The molecular weight excluding hydrogens is 226 g/mol. The number of hydrogen-bond acceptors (Lipinski definition) is 2. The fourth-order valence-electron chi connectivity index (χ4n) is 2.11. The average Bonchev–Trinajstić information content (AvgIpc) is 2.36. The number of nitrogens with zero attached hydrogens (tertiary/aromatic N) is 1. The van der Waals surface area contributed by atoms with Gasteiger partial charge in [0.25, 0.3) is 0 Å². The zero-order valence-corrected chi connectivity index (χ0v) is 12.2. The van der Waals surface area contributed by atoms with Gasteiger partial charge in [-0.3, -0.25) is 0 Å². The van der Waals surface area contributed by atoms with Crippen LogP contribution in [0.4, 0.5) is 0 Å². The van der Waals surface area contributed by atoms with Gasteiger partial charge in [-0.15, -0.1) is 0 Å². The summed E-state index contributed by atoms with van der Waals surface area (Å²) in [6.07, 6.45) is 1.25. The van der Waals surface area contributed by atoms with Crippen molar-refractivity contribution in [2.45, 2.75) is 26.2 Å². The summed E-state index contributed by atoms with van der Waals surface area (Å²) in [6, 6.07) is 10.7. The van der Waals surface area contributed by atoms with Gasteiger partial charge in [0.05, 0.1) is 0 Å². The van der Waals surface area contributed by atoms with Crippen LogP contribution >= 0.6 is 12.6 Å². The van der Waals surface area contributed by atoms with Crippen molar-refractivity contribution in [2.24, 2.45) is 5.92 Å². The van der Waals surface area contributed by atoms with Crippen molar-refractivity contribution in [3.63, 3.8) is 0 Å². The molecule has 96 valence electrons. The molecule has 1 nitrogen and oxygen atoms in total. The van der Waals surface area contributed by atoms with Crippen molar-refractivity contribution >= 4 is 12.6 Å². The molecule has 0 bridgehead atoms. The van der Waals surface area contributed by atoms with Gasteiger partial charge >= 0.3 is 0 Å². The molecule has 0 saturated carbocycles. The molecule has 2 atom stereocenters. The summed E-state index contributed by atoms with van der Waals surface area (Å²) in [5.74, 6) is 2.22. The molecule has 2 unspecified atom stereocenters. The van der Waals surface area contributed by atoms with E-state index >= 15 is 0 Å². The van der Waals surface area contributed by atoms with Gasteiger partial charge in [0, 0.05) is 19.0 Å². The summed E-state index contributed by atoms with van der Waals surface area (Å²) in [5, 5.41) is 0. The predicted molar refractivity (Wildman–Crippen MR) is 80.0 cm³/mol.